The smallest absolute Gasteiger partial charge is 0.0483 e. The first-order valence-electron chi connectivity index (χ1n) is 4.77. The minimum atomic E-state index is -0.167. The average molecular weight is 196 g/mol. The molecule has 0 aromatic rings. The molecule has 0 saturated heterocycles. The lowest BCUT2D eigenvalue weighted by atomic mass is 10.2. The van der Waals surface area contributed by atoms with Crippen LogP contribution in [-0.4, -0.2) is 28.9 Å². The Morgan fingerprint density at radius 1 is 0.923 bits per heavy atom. The molecule has 0 atom stereocenters. The van der Waals surface area contributed by atoms with Gasteiger partial charge in [0.05, 0.1) is 0 Å². The molecule has 3 heteroatoms. The van der Waals surface area contributed by atoms with Crippen molar-refractivity contribution in [2.45, 2.75) is 59.5 Å². The van der Waals surface area contributed by atoms with E-state index in [1.807, 2.05) is 0 Å². The van der Waals surface area contributed by atoms with Gasteiger partial charge in [-0.1, -0.05) is 39.5 Å². The molecule has 0 aromatic heterocycles. The Kier molecular flexibility index (Phi) is 52.7. The normalized spacial score (nSPS) is 7.38. The number of hydrogen-bond donors (Lipinski definition) is 2. The molecule has 0 aliphatic carbocycles. The number of rotatable bonds is 3. The van der Waals surface area contributed by atoms with E-state index >= 15 is 0 Å². The molecule has 0 aliphatic rings. The third-order valence-electron chi connectivity index (χ3n) is 0.957. The van der Waals surface area contributed by atoms with Crippen molar-refractivity contribution in [3.8, 4) is 0 Å². The van der Waals surface area contributed by atoms with Gasteiger partial charge in [-0.05, 0) is 13.8 Å². The lowest BCUT2D eigenvalue weighted by Crippen LogP contribution is -1.85. The second kappa shape index (κ2) is 29.7. The van der Waals surface area contributed by atoms with Crippen LogP contribution >= 0.6 is 0 Å². The summed E-state index contributed by atoms with van der Waals surface area (Å²) in [6.45, 7) is 7.91. The highest BCUT2D eigenvalue weighted by atomic mass is 16.3. The van der Waals surface area contributed by atoms with E-state index < -0.39 is 0 Å². The van der Waals surface area contributed by atoms with Crippen LogP contribution in [0.5, 0.6) is 0 Å². The zero-order valence-corrected chi connectivity index (χ0v) is 9.80. The van der Waals surface area contributed by atoms with Crippen LogP contribution in [0.15, 0.2) is 0 Å². The molecule has 0 aromatic carbocycles. The van der Waals surface area contributed by atoms with Crippen molar-refractivity contribution in [3.05, 3.63) is 0 Å². The first-order valence-corrected chi connectivity index (χ1v) is 4.77. The third-order valence-corrected chi connectivity index (χ3v) is 0.957. The molecule has 86 valence electrons. The maximum absolute atomic E-state index is 8.06. The van der Waals surface area contributed by atoms with Gasteiger partial charge >= 0.3 is 0 Å². The molecular weight excluding hydrogens is 168 g/mol. The number of aliphatic hydroxyl groups excluding tert-OH is 2. The molecule has 4 N–H and O–H groups in total. The maximum atomic E-state index is 8.06. The standard InChI is InChI=1S/C6H14.C3H8O.CH4O.H2O/c1-3-5-6-4-2;1-3(2)4;1-2;/h3-6H2,1-2H3;3-4H,1-2H3;2H,1H3;1H2. The number of aliphatic hydroxyl groups is 2. The lowest BCUT2D eigenvalue weighted by Gasteiger charge is -1.86. The van der Waals surface area contributed by atoms with Gasteiger partial charge in [-0.25, -0.2) is 0 Å². The second-order valence-corrected chi connectivity index (χ2v) is 2.80. The predicted molar refractivity (Wildman–Crippen MR) is 58.9 cm³/mol. The van der Waals surface area contributed by atoms with Crippen LogP contribution in [0.25, 0.3) is 0 Å². The van der Waals surface area contributed by atoms with E-state index in [-0.39, 0.29) is 11.6 Å². The zero-order valence-electron chi connectivity index (χ0n) is 9.80. The number of unbranched alkanes of at least 4 members (excludes halogenated alkanes) is 3. The van der Waals surface area contributed by atoms with Gasteiger partial charge in [0.25, 0.3) is 0 Å². The number of hydrogen-bond acceptors (Lipinski definition) is 2. The minimum absolute atomic E-state index is 0. The van der Waals surface area contributed by atoms with Crippen LogP contribution in [0.3, 0.4) is 0 Å². The highest BCUT2D eigenvalue weighted by Crippen LogP contribution is 1.95. The summed E-state index contributed by atoms with van der Waals surface area (Å²) in [5, 5.41) is 15.1. The van der Waals surface area contributed by atoms with Crippen molar-refractivity contribution >= 4 is 0 Å². The Balaban J connectivity index is -0.0000000512. The Morgan fingerprint density at radius 2 is 1.08 bits per heavy atom. The summed E-state index contributed by atoms with van der Waals surface area (Å²) in [6, 6.07) is 0. The molecule has 0 aliphatic heterocycles. The minimum Gasteiger partial charge on any atom is -0.412 e. The van der Waals surface area contributed by atoms with Crippen molar-refractivity contribution in [2.24, 2.45) is 0 Å². The molecule has 3 nitrogen and oxygen atoms in total. The van der Waals surface area contributed by atoms with Gasteiger partial charge in [-0.3, -0.25) is 0 Å². The summed E-state index contributed by atoms with van der Waals surface area (Å²) in [4.78, 5) is 0. The molecular formula is C10H28O3. The van der Waals surface area contributed by atoms with E-state index in [1.54, 1.807) is 13.8 Å². The van der Waals surface area contributed by atoms with E-state index in [0.717, 1.165) is 7.11 Å². The van der Waals surface area contributed by atoms with Crippen molar-refractivity contribution in [1.29, 1.82) is 0 Å². The molecule has 0 bridgehead atoms. The molecule has 0 rings (SSSR count). The van der Waals surface area contributed by atoms with Gasteiger partial charge in [0.1, 0.15) is 0 Å². The van der Waals surface area contributed by atoms with E-state index in [4.69, 9.17) is 10.2 Å². The molecule has 0 spiro atoms. The largest absolute Gasteiger partial charge is 0.412 e. The van der Waals surface area contributed by atoms with Gasteiger partial charge in [0.2, 0.25) is 0 Å². The molecule has 0 amide bonds. The van der Waals surface area contributed by atoms with Crippen molar-refractivity contribution in [1.82, 2.24) is 0 Å². The summed E-state index contributed by atoms with van der Waals surface area (Å²) < 4.78 is 0. The van der Waals surface area contributed by atoms with E-state index in [9.17, 15) is 0 Å². The molecule has 0 fully saturated rings. The van der Waals surface area contributed by atoms with Crippen molar-refractivity contribution < 1.29 is 15.7 Å². The van der Waals surface area contributed by atoms with Crippen molar-refractivity contribution in [2.75, 3.05) is 7.11 Å². The molecule has 0 unspecified atom stereocenters. The van der Waals surface area contributed by atoms with E-state index in [0.29, 0.717) is 0 Å². The van der Waals surface area contributed by atoms with Crippen LogP contribution in [0, 0.1) is 0 Å². The Bertz CT molecular complexity index is 40.7. The molecule has 13 heavy (non-hydrogen) atoms. The van der Waals surface area contributed by atoms with Gasteiger partial charge in [-0.2, -0.15) is 0 Å². The lowest BCUT2D eigenvalue weighted by molar-refractivity contribution is 0.216. The first kappa shape index (κ1) is 23.1. The molecule has 0 radical (unpaired) electrons. The fourth-order valence-electron chi connectivity index (χ4n) is 0.500. The Labute approximate surface area is 83.1 Å². The van der Waals surface area contributed by atoms with E-state index in [2.05, 4.69) is 13.8 Å². The van der Waals surface area contributed by atoms with Gasteiger partial charge in [0.15, 0.2) is 0 Å². The van der Waals surface area contributed by atoms with Crippen LogP contribution in [0.2, 0.25) is 0 Å². The van der Waals surface area contributed by atoms with Crippen LogP contribution in [0.1, 0.15) is 53.4 Å². The van der Waals surface area contributed by atoms with E-state index in [1.165, 1.54) is 25.7 Å². The third kappa shape index (κ3) is 140. The highest BCUT2D eigenvalue weighted by molar-refractivity contribution is 4.31. The summed E-state index contributed by atoms with van der Waals surface area (Å²) >= 11 is 0. The molecule has 0 saturated carbocycles. The second-order valence-electron chi connectivity index (χ2n) is 2.80. The van der Waals surface area contributed by atoms with Crippen LogP contribution in [-0.2, 0) is 0 Å². The predicted octanol–water partition coefficient (Wildman–Crippen LogP) is 1.76. The maximum Gasteiger partial charge on any atom is 0.0483 e. The van der Waals surface area contributed by atoms with Crippen molar-refractivity contribution in [3.63, 3.8) is 0 Å². The Morgan fingerprint density at radius 3 is 1.15 bits per heavy atom. The average Bonchev–Trinajstić information content (AvgIpc) is 2.04. The fraction of sp³-hybridized carbons (Fsp3) is 1.00. The SMILES string of the molecule is CC(C)O.CCCCCC.CO.O. The van der Waals surface area contributed by atoms with Gasteiger partial charge in [0, 0.05) is 13.2 Å². The zero-order chi connectivity index (χ0) is 10.4. The topological polar surface area (TPSA) is 72.0 Å². The van der Waals surface area contributed by atoms with Gasteiger partial charge in [-0.15, -0.1) is 0 Å². The summed E-state index contributed by atoms with van der Waals surface area (Å²) in [5.41, 5.74) is 0. The fourth-order valence-corrected chi connectivity index (χ4v) is 0.500. The molecule has 0 heterocycles. The quantitative estimate of drug-likeness (QED) is 0.675. The first-order chi connectivity index (χ1) is 5.65. The summed E-state index contributed by atoms with van der Waals surface area (Å²) in [7, 11) is 1.00. The van der Waals surface area contributed by atoms with Crippen LogP contribution in [0.4, 0.5) is 0 Å². The van der Waals surface area contributed by atoms with Crippen LogP contribution < -0.4 is 0 Å². The summed E-state index contributed by atoms with van der Waals surface area (Å²) in [5.74, 6) is 0. The van der Waals surface area contributed by atoms with Gasteiger partial charge < -0.3 is 15.7 Å². The highest BCUT2D eigenvalue weighted by Gasteiger charge is 1.75. The monoisotopic (exact) mass is 196 g/mol. The Hall–Kier alpha value is -0.120. The summed E-state index contributed by atoms with van der Waals surface area (Å²) in [6.07, 6.45) is 5.37.